The van der Waals surface area contributed by atoms with E-state index in [1.54, 1.807) is 0 Å². The van der Waals surface area contributed by atoms with Crippen molar-refractivity contribution in [1.29, 1.82) is 0 Å². The number of carbonyl (C=O) groups excluding carboxylic acids is 1. The van der Waals surface area contributed by atoms with Gasteiger partial charge in [0.25, 0.3) is 5.91 Å². The van der Waals surface area contributed by atoms with Crippen LogP contribution in [-0.2, 0) is 0 Å². The van der Waals surface area contributed by atoms with Gasteiger partial charge < -0.3 is 15.0 Å². The molecule has 0 aliphatic carbocycles. The van der Waals surface area contributed by atoms with Crippen LogP contribution >= 0.6 is 12.4 Å². The maximum Gasteiger partial charge on any atom is 0.257 e. The molecule has 4 nitrogen and oxygen atoms in total. The van der Waals surface area contributed by atoms with Crippen molar-refractivity contribution >= 4 is 18.3 Å². The molecule has 1 atom stereocenters. The molecule has 5 heteroatoms. The van der Waals surface area contributed by atoms with Crippen LogP contribution in [0.4, 0.5) is 0 Å². The molecule has 0 saturated carbocycles. The molecule has 1 spiro atoms. The number of halogens is 1. The standard InChI is InChI=1S/C16H22N2O2.ClH/c1-2-20-14-6-4-3-5-13(14)15(19)18-10-8-16(12-18)7-9-17-11-16;/h3-6,17H,2,7-12H2,1H3;1H. The molecule has 2 heterocycles. The van der Waals surface area contributed by atoms with E-state index < -0.39 is 0 Å². The van der Waals surface area contributed by atoms with E-state index in [1.165, 1.54) is 6.42 Å². The normalized spacial score (nSPS) is 24.1. The number of hydrogen-bond acceptors (Lipinski definition) is 3. The minimum Gasteiger partial charge on any atom is -0.493 e. The van der Waals surface area contributed by atoms with Gasteiger partial charge in [0.2, 0.25) is 0 Å². The Morgan fingerprint density at radius 1 is 1.38 bits per heavy atom. The van der Waals surface area contributed by atoms with Gasteiger partial charge in [-0.15, -0.1) is 12.4 Å². The van der Waals surface area contributed by atoms with Gasteiger partial charge in [0.1, 0.15) is 5.75 Å². The average molecular weight is 311 g/mol. The van der Waals surface area contributed by atoms with E-state index in [2.05, 4.69) is 5.32 Å². The number of amides is 1. The Hall–Kier alpha value is -1.26. The second-order valence-electron chi connectivity index (χ2n) is 5.83. The molecule has 0 radical (unpaired) electrons. The molecule has 1 amide bonds. The number of ether oxygens (including phenoxy) is 1. The first-order valence-corrected chi connectivity index (χ1v) is 7.46. The summed E-state index contributed by atoms with van der Waals surface area (Å²) in [7, 11) is 0. The lowest BCUT2D eigenvalue weighted by Gasteiger charge is -2.23. The van der Waals surface area contributed by atoms with E-state index in [0.717, 1.165) is 32.6 Å². The molecule has 3 rings (SSSR count). The van der Waals surface area contributed by atoms with E-state index in [4.69, 9.17) is 4.74 Å². The summed E-state index contributed by atoms with van der Waals surface area (Å²) in [5, 5.41) is 3.42. The van der Waals surface area contributed by atoms with Crippen LogP contribution in [0.5, 0.6) is 5.75 Å². The van der Waals surface area contributed by atoms with Gasteiger partial charge >= 0.3 is 0 Å². The van der Waals surface area contributed by atoms with Crippen molar-refractivity contribution in [1.82, 2.24) is 10.2 Å². The zero-order valence-corrected chi connectivity index (χ0v) is 13.2. The summed E-state index contributed by atoms with van der Waals surface area (Å²) in [4.78, 5) is 14.7. The van der Waals surface area contributed by atoms with Crippen LogP contribution in [0.2, 0.25) is 0 Å². The number of nitrogens with one attached hydrogen (secondary N) is 1. The third-order valence-electron chi connectivity index (χ3n) is 4.47. The predicted molar refractivity (Wildman–Crippen MR) is 85.3 cm³/mol. The van der Waals surface area contributed by atoms with Gasteiger partial charge in [0.05, 0.1) is 12.2 Å². The van der Waals surface area contributed by atoms with Gasteiger partial charge in [0.15, 0.2) is 0 Å². The van der Waals surface area contributed by atoms with E-state index in [0.29, 0.717) is 23.3 Å². The Kier molecular flexibility index (Phi) is 5.12. The summed E-state index contributed by atoms with van der Waals surface area (Å²) in [6.45, 7) is 6.39. The van der Waals surface area contributed by atoms with Gasteiger partial charge in [-0.3, -0.25) is 4.79 Å². The molecule has 116 valence electrons. The van der Waals surface area contributed by atoms with Crippen LogP contribution < -0.4 is 10.1 Å². The molecule has 0 bridgehead atoms. The minimum absolute atomic E-state index is 0. The lowest BCUT2D eigenvalue weighted by atomic mass is 9.86. The van der Waals surface area contributed by atoms with Gasteiger partial charge in [-0.25, -0.2) is 0 Å². The first kappa shape index (κ1) is 16.1. The fourth-order valence-electron chi connectivity index (χ4n) is 3.35. The smallest absolute Gasteiger partial charge is 0.257 e. The highest BCUT2D eigenvalue weighted by atomic mass is 35.5. The molecule has 0 aromatic heterocycles. The molecular formula is C16H23ClN2O2. The highest BCUT2D eigenvalue weighted by molar-refractivity contribution is 5.97. The second kappa shape index (κ2) is 6.67. The number of carbonyl (C=O) groups is 1. The summed E-state index contributed by atoms with van der Waals surface area (Å²) in [6, 6.07) is 7.55. The highest BCUT2D eigenvalue weighted by Crippen LogP contribution is 2.37. The summed E-state index contributed by atoms with van der Waals surface area (Å²) >= 11 is 0. The molecule has 1 N–H and O–H groups in total. The van der Waals surface area contributed by atoms with Crippen molar-refractivity contribution in [3.8, 4) is 5.75 Å². The summed E-state index contributed by atoms with van der Waals surface area (Å²) < 4.78 is 5.57. The Balaban J connectivity index is 0.00000161. The van der Waals surface area contributed by atoms with Gasteiger partial charge in [-0.1, -0.05) is 12.1 Å². The molecule has 21 heavy (non-hydrogen) atoms. The van der Waals surface area contributed by atoms with E-state index >= 15 is 0 Å². The summed E-state index contributed by atoms with van der Waals surface area (Å²) in [5.74, 6) is 0.809. The van der Waals surface area contributed by atoms with Crippen molar-refractivity contribution in [3.05, 3.63) is 29.8 Å². The second-order valence-corrected chi connectivity index (χ2v) is 5.83. The van der Waals surface area contributed by atoms with Crippen molar-refractivity contribution in [3.63, 3.8) is 0 Å². The van der Waals surface area contributed by atoms with Crippen LogP contribution in [0.3, 0.4) is 0 Å². The third-order valence-corrected chi connectivity index (χ3v) is 4.47. The molecule has 2 aliphatic heterocycles. The van der Waals surface area contributed by atoms with E-state index in [1.807, 2.05) is 36.1 Å². The number of para-hydroxylation sites is 1. The fraction of sp³-hybridized carbons (Fsp3) is 0.562. The van der Waals surface area contributed by atoms with Gasteiger partial charge in [-0.05, 0) is 38.4 Å². The maximum atomic E-state index is 12.7. The number of nitrogens with zero attached hydrogens (tertiary/aromatic N) is 1. The quantitative estimate of drug-likeness (QED) is 0.931. The number of hydrogen-bond donors (Lipinski definition) is 1. The van der Waals surface area contributed by atoms with Gasteiger partial charge in [-0.2, -0.15) is 0 Å². The van der Waals surface area contributed by atoms with Crippen molar-refractivity contribution < 1.29 is 9.53 Å². The number of likely N-dealkylation sites (tertiary alicyclic amines) is 1. The molecule has 2 aliphatic rings. The topological polar surface area (TPSA) is 41.6 Å². The molecular weight excluding hydrogens is 288 g/mol. The van der Waals surface area contributed by atoms with Crippen LogP contribution in [0.15, 0.2) is 24.3 Å². The van der Waals surface area contributed by atoms with Crippen LogP contribution in [0, 0.1) is 5.41 Å². The SMILES string of the molecule is CCOc1ccccc1C(=O)N1CCC2(CCNC2)C1.Cl. The lowest BCUT2D eigenvalue weighted by molar-refractivity contribution is 0.0771. The van der Waals surface area contributed by atoms with Crippen molar-refractivity contribution in [2.24, 2.45) is 5.41 Å². The first-order valence-electron chi connectivity index (χ1n) is 7.46. The maximum absolute atomic E-state index is 12.7. The molecule has 2 saturated heterocycles. The van der Waals surface area contributed by atoms with Crippen molar-refractivity contribution in [2.45, 2.75) is 19.8 Å². The predicted octanol–water partition coefficient (Wildman–Crippen LogP) is 2.33. The largest absolute Gasteiger partial charge is 0.493 e. The highest BCUT2D eigenvalue weighted by Gasteiger charge is 2.42. The summed E-state index contributed by atoms with van der Waals surface area (Å²) in [5.41, 5.74) is 1.01. The third kappa shape index (κ3) is 3.16. The molecule has 1 aromatic rings. The van der Waals surface area contributed by atoms with E-state index in [9.17, 15) is 4.79 Å². The average Bonchev–Trinajstić information content (AvgIpc) is 3.10. The molecule has 1 aromatic carbocycles. The Morgan fingerprint density at radius 3 is 2.90 bits per heavy atom. The van der Waals surface area contributed by atoms with Crippen LogP contribution in [-0.4, -0.2) is 43.6 Å². The summed E-state index contributed by atoms with van der Waals surface area (Å²) in [6.07, 6.45) is 2.30. The number of rotatable bonds is 3. The number of benzene rings is 1. The van der Waals surface area contributed by atoms with Crippen molar-refractivity contribution in [2.75, 3.05) is 32.8 Å². The van der Waals surface area contributed by atoms with Crippen LogP contribution in [0.1, 0.15) is 30.1 Å². The fourth-order valence-corrected chi connectivity index (χ4v) is 3.35. The van der Waals surface area contributed by atoms with E-state index in [-0.39, 0.29) is 18.3 Å². The molecule has 1 unspecified atom stereocenters. The Morgan fingerprint density at radius 2 is 2.19 bits per heavy atom. The van der Waals surface area contributed by atoms with Gasteiger partial charge in [0, 0.05) is 25.0 Å². The molecule has 2 fully saturated rings. The minimum atomic E-state index is 0. The Labute approximate surface area is 132 Å². The Bertz CT molecular complexity index is 501. The monoisotopic (exact) mass is 310 g/mol. The zero-order chi connectivity index (χ0) is 14.0. The lowest BCUT2D eigenvalue weighted by Crippen LogP contribution is -2.33. The van der Waals surface area contributed by atoms with Crippen LogP contribution in [0.25, 0.3) is 0 Å². The first-order chi connectivity index (χ1) is 9.74. The zero-order valence-electron chi connectivity index (χ0n) is 12.4.